The zero-order valence-corrected chi connectivity index (χ0v) is 8.27. The normalized spacial score (nSPS) is 11.9. The molecule has 1 aromatic rings. The molecule has 0 spiro atoms. The van der Waals surface area contributed by atoms with Crippen LogP contribution in [0.1, 0.15) is 22.0 Å². The molecule has 0 unspecified atom stereocenters. The number of esters is 1. The first-order valence-corrected chi connectivity index (χ1v) is 4.29. The van der Waals surface area contributed by atoms with Gasteiger partial charge in [-0.25, -0.2) is 4.79 Å². The summed E-state index contributed by atoms with van der Waals surface area (Å²) in [6.07, 6.45) is 0. The van der Waals surface area contributed by atoms with Gasteiger partial charge < -0.3 is 16.2 Å². The molecule has 1 aromatic carbocycles. The molecule has 0 aliphatic carbocycles. The smallest absolute Gasteiger partial charge is 0.337 e. The van der Waals surface area contributed by atoms with Gasteiger partial charge in [0.25, 0.3) is 0 Å². The van der Waals surface area contributed by atoms with E-state index in [-0.39, 0.29) is 0 Å². The Morgan fingerprint density at radius 3 is 2.20 bits per heavy atom. The molecule has 80 valence electrons. The Morgan fingerprint density at radius 2 is 1.80 bits per heavy atom. The van der Waals surface area contributed by atoms with Crippen molar-refractivity contribution in [2.75, 3.05) is 7.11 Å². The van der Waals surface area contributed by atoms with E-state index in [4.69, 9.17) is 11.5 Å². The van der Waals surface area contributed by atoms with Gasteiger partial charge in [0.2, 0.25) is 5.91 Å². The first-order chi connectivity index (χ1) is 7.06. The molecule has 5 heteroatoms. The molecule has 0 fully saturated rings. The lowest BCUT2D eigenvalue weighted by Crippen LogP contribution is -2.28. The summed E-state index contributed by atoms with van der Waals surface area (Å²) in [5.74, 6) is -1.05. The number of benzene rings is 1. The Labute approximate surface area is 87.0 Å². The van der Waals surface area contributed by atoms with E-state index in [0.717, 1.165) is 0 Å². The molecule has 0 radical (unpaired) electrons. The number of hydrogen-bond acceptors (Lipinski definition) is 4. The average molecular weight is 208 g/mol. The minimum Gasteiger partial charge on any atom is -0.465 e. The van der Waals surface area contributed by atoms with Gasteiger partial charge in [-0.15, -0.1) is 0 Å². The number of methoxy groups -OCH3 is 1. The van der Waals surface area contributed by atoms with Crippen molar-refractivity contribution in [3.05, 3.63) is 35.4 Å². The van der Waals surface area contributed by atoms with Gasteiger partial charge in [-0.05, 0) is 17.7 Å². The van der Waals surface area contributed by atoms with Gasteiger partial charge in [0.05, 0.1) is 12.7 Å². The van der Waals surface area contributed by atoms with Crippen molar-refractivity contribution in [2.24, 2.45) is 11.5 Å². The Kier molecular flexibility index (Phi) is 3.41. The lowest BCUT2D eigenvalue weighted by atomic mass is 10.1. The average Bonchev–Trinajstić information content (AvgIpc) is 2.27. The second-order valence-corrected chi connectivity index (χ2v) is 2.99. The molecule has 1 atom stereocenters. The first-order valence-electron chi connectivity index (χ1n) is 4.29. The van der Waals surface area contributed by atoms with Crippen molar-refractivity contribution >= 4 is 11.9 Å². The van der Waals surface area contributed by atoms with Crippen LogP contribution in [-0.4, -0.2) is 19.0 Å². The molecule has 0 bridgehead atoms. The lowest BCUT2D eigenvalue weighted by molar-refractivity contribution is -0.119. The van der Waals surface area contributed by atoms with Crippen LogP contribution in [0, 0.1) is 0 Å². The summed E-state index contributed by atoms with van der Waals surface area (Å²) in [6.45, 7) is 0. The summed E-state index contributed by atoms with van der Waals surface area (Å²) in [7, 11) is 1.30. The van der Waals surface area contributed by atoms with Crippen molar-refractivity contribution in [1.82, 2.24) is 0 Å². The highest BCUT2D eigenvalue weighted by Gasteiger charge is 2.12. The van der Waals surface area contributed by atoms with E-state index in [1.807, 2.05) is 0 Å². The van der Waals surface area contributed by atoms with Crippen LogP contribution < -0.4 is 11.5 Å². The molecule has 5 nitrogen and oxygen atoms in total. The van der Waals surface area contributed by atoms with E-state index in [1.165, 1.54) is 19.2 Å². The maximum Gasteiger partial charge on any atom is 0.337 e. The van der Waals surface area contributed by atoms with Gasteiger partial charge in [-0.2, -0.15) is 0 Å². The molecule has 0 aliphatic heterocycles. The third kappa shape index (κ3) is 2.54. The number of nitrogens with two attached hydrogens (primary N) is 2. The number of ether oxygens (including phenoxy) is 1. The van der Waals surface area contributed by atoms with E-state index >= 15 is 0 Å². The highest BCUT2D eigenvalue weighted by atomic mass is 16.5. The number of primary amides is 1. The minimum absolute atomic E-state index is 0.401. The predicted molar refractivity (Wildman–Crippen MR) is 53.9 cm³/mol. The zero-order valence-electron chi connectivity index (χ0n) is 8.27. The van der Waals surface area contributed by atoms with Gasteiger partial charge in [0.15, 0.2) is 0 Å². The molecular weight excluding hydrogens is 196 g/mol. The van der Waals surface area contributed by atoms with Gasteiger partial charge >= 0.3 is 5.97 Å². The molecule has 1 rings (SSSR count). The monoisotopic (exact) mass is 208 g/mol. The SMILES string of the molecule is COC(=O)c1ccc([C@@H](N)C(N)=O)cc1. The van der Waals surface area contributed by atoms with E-state index in [9.17, 15) is 9.59 Å². The van der Waals surface area contributed by atoms with Crippen LogP contribution >= 0.6 is 0 Å². The quantitative estimate of drug-likeness (QED) is 0.681. The Balaban J connectivity index is 2.90. The summed E-state index contributed by atoms with van der Waals surface area (Å²) in [4.78, 5) is 21.9. The second kappa shape index (κ2) is 4.56. The number of rotatable bonds is 3. The summed E-state index contributed by atoms with van der Waals surface area (Å²) in [5.41, 5.74) is 11.5. The molecule has 0 heterocycles. The zero-order chi connectivity index (χ0) is 11.4. The molecule has 0 aromatic heterocycles. The van der Waals surface area contributed by atoms with Crippen LogP contribution in [0.15, 0.2) is 24.3 Å². The van der Waals surface area contributed by atoms with Gasteiger partial charge in [-0.1, -0.05) is 12.1 Å². The summed E-state index contributed by atoms with van der Waals surface area (Å²) < 4.78 is 4.52. The Hall–Kier alpha value is -1.88. The van der Waals surface area contributed by atoms with Gasteiger partial charge in [0, 0.05) is 0 Å². The van der Waals surface area contributed by atoms with Crippen molar-refractivity contribution in [3.63, 3.8) is 0 Å². The number of amides is 1. The van der Waals surface area contributed by atoms with Crippen molar-refractivity contribution in [3.8, 4) is 0 Å². The summed E-state index contributed by atoms with van der Waals surface area (Å²) in [6, 6.07) is 5.36. The summed E-state index contributed by atoms with van der Waals surface area (Å²) in [5, 5.41) is 0. The van der Waals surface area contributed by atoms with Gasteiger partial charge in [0.1, 0.15) is 6.04 Å². The fourth-order valence-electron chi connectivity index (χ4n) is 1.11. The first kappa shape index (κ1) is 11.2. The van der Waals surface area contributed by atoms with Crippen molar-refractivity contribution in [2.45, 2.75) is 6.04 Å². The Bertz CT molecular complexity index is 373. The van der Waals surface area contributed by atoms with Crippen LogP contribution in [0.5, 0.6) is 0 Å². The van der Waals surface area contributed by atoms with Crippen LogP contribution in [0.4, 0.5) is 0 Å². The van der Waals surface area contributed by atoms with Crippen LogP contribution in [-0.2, 0) is 9.53 Å². The van der Waals surface area contributed by atoms with Gasteiger partial charge in [-0.3, -0.25) is 4.79 Å². The molecule has 0 saturated heterocycles. The topological polar surface area (TPSA) is 95.4 Å². The summed E-state index contributed by atoms with van der Waals surface area (Å²) >= 11 is 0. The third-order valence-corrected chi connectivity index (χ3v) is 2.00. The molecular formula is C10H12N2O3. The maximum absolute atomic E-state index is 11.1. The van der Waals surface area contributed by atoms with Crippen LogP contribution in [0.2, 0.25) is 0 Å². The predicted octanol–water partition coefficient (Wildman–Crippen LogP) is -0.0417. The molecule has 15 heavy (non-hydrogen) atoms. The number of hydrogen-bond donors (Lipinski definition) is 2. The minimum atomic E-state index is -0.850. The number of carbonyl (C=O) groups excluding carboxylic acids is 2. The Morgan fingerprint density at radius 1 is 1.27 bits per heavy atom. The second-order valence-electron chi connectivity index (χ2n) is 2.99. The van der Waals surface area contributed by atoms with E-state index in [0.29, 0.717) is 11.1 Å². The maximum atomic E-state index is 11.1. The number of carbonyl (C=O) groups is 2. The molecule has 1 amide bonds. The molecule has 0 saturated carbocycles. The van der Waals surface area contributed by atoms with E-state index in [2.05, 4.69) is 4.74 Å². The van der Waals surface area contributed by atoms with Crippen molar-refractivity contribution in [1.29, 1.82) is 0 Å². The fourth-order valence-corrected chi connectivity index (χ4v) is 1.11. The molecule has 4 N–H and O–H groups in total. The molecule has 0 aliphatic rings. The fraction of sp³-hybridized carbons (Fsp3) is 0.200. The van der Waals surface area contributed by atoms with Crippen LogP contribution in [0.3, 0.4) is 0 Å². The van der Waals surface area contributed by atoms with Crippen molar-refractivity contribution < 1.29 is 14.3 Å². The highest BCUT2D eigenvalue weighted by molar-refractivity contribution is 5.89. The van der Waals surface area contributed by atoms with Crippen LogP contribution in [0.25, 0.3) is 0 Å². The third-order valence-electron chi connectivity index (χ3n) is 2.00. The largest absolute Gasteiger partial charge is 0.465 e. The standard InChI is InChI=1S/C10H12N2O3/c1-15-10(14)7-4-2-6(3-5-7)8(11)9(12)13/h2-5,8H,11H2,1H3,(H2,12,13)/t8-/m1/s1. The van der Waals surface area contributed by atoms with E-state index in [1.54, 1.807) is 12.1 Å². The highest BCUT2D eigenvalue weighted by Crippen LogP contribution is 2.11. The lowest BCUT2D eigenvalue weighted by Gasteiger charge is -2.07. The van der Waals surface area contributed by atoms with E-state index < -0.39 is 17.9 Å².